The lowest BCUT2D eigenvalue weighted by Crippen LogP contribution is -2.31. The van der Waals surface area contributed by atoms with Crippen molar-refractivity contribution in [1.29, 1.82) is 0 Å². The molecule has 2 aliphatic heterocycles. The van der Waals surface area contributed by atoms with Gasteiger partial charge < -0.3 is 19.3 Å². The Morgan fingerprint density at radius 1 is 1.03 bits per heavy atom. The van der Waals surface area contributed by atoms with E-state index in [2.05, 4.69) is 0 Å². The van der Waals surface area contributed by atoms with E-state index in [0.29, 0.717) is 23.6 Å². The van der Waals surface area contributed by atoms with Crippen molar-refractivity contribution in [2.75, 3.05) is 32.2 Å². The zero-order valence-corrected chi connectivity index (χ0v) is 17.8. The Bertz CT molecular complexity index is 1110. The number of rotatable bonds is 5. The summed E-state index contributed by atoms with van der Waals surface area (Å²) in [6.07, 6.45) is 4.33. The molecule has 0 saturated carbocycles. The Balaban J connectivity index is 1.53. The lowest BCUT2D eigenvalue weighted by Gasteiger charge is -2.17. The summed E-state index contributed by atoms with van der Waals surface area (Å²) < 4.78 is 10.7. The number of ether oxygens (including phenoxy) is 2. The quantitative estimate of drug-likeness (QED) is 0.696. The summed E-state index contributed by atoms with van der Waals surface area (Å²) in [7, 11) is 3.11. The maximum Gasteiger partial charge on any atom is 0.231 e. The topological polar surface area (TPSA) is 76.2 Å². The van der Waals surface area contributed by atoms with Crippen molar-refractivity contribution in [2.24, 2.45) is 0 Å². The van der Waals surface area contributed by atoms with E-state index < -0.39 is 0 Å². The second kappa shape index (κ2) is 8.26. The summed E-state index contributed by atoms with van der Waals surface area (Å²) in [5.74, 6) is 0.818. The number of hydrogen-bond acceptors (Lipinski definition) is 5. The van der Waals surface area contributed by atoms with Crippen molar-refractivity contribution in [3.63, 3.8) is 0 Å². The molecule has 4 rings (SSSR count). The number of Topliss-reactive ketones (excluding diaryl/α,β-unsaturated/α-hetero) is 1. The second-order valence-corrected chi connectivity index (χ2v) is 7.61. The highest BCUT2D eigenvalue weighted by molar-refractivity contribution is 6.01. The molecule has 2 aromatic carbocycles. The molecular weight excluding hydrogens is 396 g/mol. The molecular formula is C24H24N2O5. The van der Waals surface area contributed by atoms with Gasteiger partial charge in [0.2, 0.25) is 11.8 Å². The average molecular weight is 420 g/mol. The first-order valence-electron chi connectivity index (χ1n) is 10.1. The maximum absolute atomic E-state index is 12.9. The Hall–Kier alpha value is -3.61. The fraction of sp³-hybridized carbons (Fsp3) is 0.292. The van der Waals surface area contributed by atoms with Gasteiger partial charge in [-0.3, -0.25) is 14.4 Å². The number of anilines is 1. The molecule has 0 unspecified atom stereocenters. The summed E-state index contributed by atoms with van der Waals surface area (Å²) >= 11 is 0. The molecule has 0 atom stereocenters. The number of methoxy groups -OCH3 is 2. The van der Waals surface area contributed by atoms with Crippen molar-refractivity contribution >= 4 is 29.4 Å². The van der Waals surface area contributed by atoms with Crippen LogP contribution in [0.5, 0.6) is 11.5 Å². The van der Waals surface area contributed by atoms with E-state index >= 15 is 0 Å². The summed E-state index contributed by atoms with van der Waals surface area (Å²) in [5, 5.41) is 0. The van der Waals surface area contributed by atoms with Crippen molar-refractivity contribution in [1.82, 2.24) is 4.90 Å². The monoisotopic (exact) mass is 420 g/mol. The number of nitrogens with zero attached hydrogens (tertiary/aromatic N) is 2. The van der Waals surface area contributed by atoms with Gasteiger partial charge >= 0.3 is 0 Å². The van der Waals surface area contributed by atoms with Crippen LogP contribution < -0.4 is 14.4 Å². The molecule has 2 aliphatic rings. The molecule has 0 aromatic heterocycles. The molecule has 2 heterocycles. The minimum atomic E-state index is -0.167. The van der Waals surface area contributed by atoms with Crippen molar-refractivity contribution in [2.45, 2.75) is 19.8 Å². The highest BCUT2D eigenvalue weighted by Crippen LogP contribution is 2.33. The fourth-order valence-electron chi connectivity index (χ4n) is 4.05. The average Bonchev–Trinajstić information content (AvgIpc) is 3.13. The molecule has 2 aromatic rings. The Morgan fingerprint density at radius 3 is 2.48 bits per heavy atom. The molecule has 7 nitrogen and oxygen atoms in total. The van der Waals surface area contributed by atoms with Gasteiger partial charge in [-0.2, -0.15) is 0 Å². The largest absolute Gasteiger partial charge is 0.493 e. The van der Waals surface area contributed by atoms with Gasteiger partial charge in [0.1, 0.15) is 0 Å². The van der Waals surface area contributed by atoms with E-state index in [1.807, 2.05) is 24.3 Å². The minimum absolute atomic E-state index is 0.00838. The molecule has 0 bridgehead atoms. The van der Waals surface area contributed by atoms with Gasteiger partial charge in [-0.1, -0.05) is 0 Å². The molecule has 160 valence electrons. The number of ketones is 1. The minimum Gasteiger partial charge on any atom is -0.493 e. The standard InChI is InChI=1S/C24H24N2O5/c1-15(27)26-9-7-17-10-18(4-5-20(17)26)21(28)14-25-8-6-16-11-22(30-2)23(31-3)12-19(16)13-24(25)29/h4-6,8,10-12H,7,9,13-14H2,1-3H3. The lowest BCUT2D eigenvalue weighted by molar-refractivity contribution is -0.127. The highest BCUT2D eigenvalue weighted by atomic mass is 16.5. The Morgan fingerprint density at radius 2 is 1.77 bits per heavy atom. The molecule has 7 heteroatoms. The van der Waals surface area contributed by atoms with Crippen LogP contribution in [-0.2, 0) is 22.4 Å². The van der Waals surface area contributed by atoms with Gasteiger partial charge in [0.05, 0.1) is 27.2 Å². The first-order valence-corrected chi connectivity index (χ1v) is 10.1. The third-order valence-corrected chi connectivity index (χ3v) is 5.73. The highest BCUT2D eigenvalue weighted by Gasteiger charge is 2.25. The van der Waals surface area contributed by atoms with Crippen molar-refractivity contribution in [3.8, 4) is 11.5 Å². The van der Waals surface area contributed by atoms with E-state index in [4.69, 9.17) is 9.47 Å². The fourth-order valence-corrected chi connectivity index (χ4v) is 4.05. The summed E-state index contributed by atoms with van der Waals surface area (Å²) in [6.45, 7) is 2.11. The maximum atomic E-state index is 12.9. The zero-order valence-electron chi connectivity index (χ0n) is 17.8. The number of carbonyl (C=O) groups is 3. The number of carbonyl (C=O) groups excluding carboxylic acids is 3. The smallest absolute Gasteiger partial charge is 0.231 e. The van der Waals surface area contributed by atoms with Gasteiger partial charge in [0.25, 0.3) is 0 Å². The van der Waals surface area contributed by atoms with Gasteiger partial charge in [-0.25, -0.2) is 0 Å². The molecule has 0 fully saturated rings. The summed E-state index contributed by atoms with van der Waals surface area (Å²) in [5.41, 5.74) is 4.03. The third-order valence-electron chi connectivity index (χ3n) is 5.73. The first-order chi connectivity index (χ1) is 14.9. The number of amides is 2. The Kier molecular flexibility index (Phi) is 5.50. The molecule has 31 heavy (non-hydrogen) atoms. The predicted molar refractivity (Wildman–Crippen MR) is 117 cm³/mol. The SMILES string of the molecule is COc1cc2c(cc1OC)CC(=O)N(CC(=O)c1ccc3c(c1)CCN3C(C)=O)C=C2. The zero-order chi connectivity index (χ0) is 22.1. The Labute approximate surface area is 180 Å². The van der Waals surface area contributed by atoms with Crippen LogP contribution in [0, 0.1) is 0 Å². The molecule has 0 spiro atoms. The van der Waals surface area contributed by atoms with Gasteiger partial charge in [-0.15, -0.1) is 0 Å². The van der Waals surface area contributed by atoms with E-state index in [-0.39, 0.29) is 30.6 Å². The summed E-state index contributed by atoms with van der Waals surface area (Å²) in [6, 6.07) is 8.98. The van der Waals surface area contributed by atoms with Crippen molar-refractivity contribution < 1.29 is 23.9 Å². The molecule has 0 aliphatic carbocycles. The van der Waals surface area contributed by atoms with Crippen LogP contribution in [-0.4, -0.2) is 49.8 Å². The number of benzene rings is 2. The second-order valence-electron chi connectivity index (χ2n) is 7.61. The van der Waals surface area contributed by atoms with E-state index in [1.54, 1.807) is 37.5 Å². The normalized spacial score (nSPS) is 14.7. The molecule has 2 amide bonds. The van der Waals surface area contributed by atoms with Crippen LogP contribution >= 0.6 is 0 Å². The molecule has 0 saturated heterocycles. The van der Waals surface area contributed by atoms with Gasteiger partial charge in [-0.05, 0) is 59.5 Å². The van der Waals surface area contributed by atoms with Crippen LogP contribution in [0.25, 0.3) is 6.08 Å². The lowest BCUT2D eigenvalue weighted by atomic mass is 10.0. The molecule has 0 N–H and O–H groups in total. The number of hydrogen-bond donors (Lipinski definition) is 0. The van der Waals surface area contributed by atoms with Crippen LogP contribution in [0.4, 0.5) is 5.69 Å². The third kappa shape index (κ3) is 3.91. The first kappa shape index (κ1) is 20.7. The van der Waals surface area contributed by atoms with E-state index in [0.717, 1.165) is 28.8 Å². The van der Waals surface area contributed by atoms with Gasteiger partial charge in [0, 0.05) is 30.9 Å². The van der Waals surface area contributed by atoms with Crippen LogP contribution in [0.15, 0.2) is 36.5 Å². The van der Waals surface area contributed by atoms with Crippen LogP contribution in [0.1, 0.15) is 34.0 Å². The van der Waals surface area contributed by atoms with Crippen molar-refractivity contribution in [3.05, 3.63) is 58.8 Å². The van der Waals surface area contributed by atoms with Gasteiger partial charge in [0.15, 0.2) is 17.3 Å². The van der Waals surface area contributed by atoms with E-state index in [9.17, 15) is 14.4 Å². The number of fused-ring (bicyclic) bond motifs is 2. The molecule has 0 radical (unpaired) electrons. The van der Waals surface area contributed by atoms with Crippen LogP contribution in [0.2, 0.25) is 0 Å². The predicted octanol–water partition coefficient (Wildman–Crippen LogP) is 2.85. The summed E-state index contributed by atoms with van der Waals surface area (Å²) in [4.78, 5) is 40.6. The van der Waals surface area contributed by atoms with E-state index in [1.165, 1.54) is 11.8 Å². The van der Waals surface area contributed by atoms with Crippen LogP contribution in [0.3, 0.4) is 0 Å².